The lowest BCUT2D eigenvalue weighted by molar-refractivity contribution is -0.118. The van der Waals surface area contributed by atoms with Gasteiger partial charge in [-0.3, -0.25) is 4.79 Å². The molecule has 4 nitrogen and oxygen atoms in total. The predicted octanol–water partition coefficient (Wildman–Crippen LogP) is 0.919. The van der Waals surface area contributed by atoms with Crippen LogP contribution in [0.5, 0.6) is 0 Å². The molecule has 0 aliphatic carbocycles. The van der Waals surface area contributed by atoms with E-state index in [1.54, 1.807) is 14.0 Å². The molecule has 0 bridgehead atoms. The molecule has 0 aromatic carbocycles. The van der Waals surface area contributed by atoms with Crippen LogP contribution in [0.3, 0.4) is 0 Å². The Balaban J connectivity index is 2.89. The van der Waals surface area contributed by atoms with E-state index in [2.05, 4.69) is 10.6 Å². The number of carbonyl (C=O) groups excluding carboxylic acids is 1. The standard InChI is InChI=1S/C11H24N2O2/c1-11(14)13-8-6-4-3-5-7-12-9-10-15-2/h12H,3-10H2,1-2H3,(H,13,14). The molecule has 90 valence electrons. The van der Waals surface area contributed by atoms with E-state index < -0.39 is 0 Å². The van der Waals surface area contributed by atoms with Gasteiger partial charge in [0, 0.05) is 27.1 Å². The average Bonchev–Trinajstić information content (AvgIpc) is 2.20. The summed E-state index contributed by atoms with van der Waals surface area (Å²) in [6.07, 6.45) is 4.69. The molecule has 15 heavy (non-hydrogen) atoms. The molecule has 0 heterocycles. The number of ether oxygens (including phenoxy) is 1. The number of rotatable bonds is 10. The molecule has 2 N–H and O–H groups in total. The van der Waals surface area contributed by atoms with Gasteiger partial charge in [0.1, 0.15) is 0 Å². The van der Waals surface area contributed by atoms with Crippen molar-refractivity contribution >= 4 is 5.91 Å². The van der Waals surface area contributed by atoms with Crippen LogP contribution >= 0.6 is 0 Å². The van der Waals surface area contributed by atoms with Crippen molar-refractivity contribution in [1.29, 1.82) is 0 Å². The van der Waals surface area contributed by atoms with E-state index in [4.69, 9.17) is 4.74 Å². The Morgan fingerprint density at radius 3 is 2.33 bits per heavy atom. The zero-order chi connectivity index (χ0) is 11.4. The second-order valence-electron chi connectivity index (χ2n) is 3.64. The maximum absolute atomic E-state index is 10.5. The Kier molecular flexibility index (Phi) is 11.0. The summed E-state index contributed by atoms with van der Waals surface area (Å²) in [7, 11) is 1.71. The number of methoxy groups -OCH3 is 1. The van der Waals surface area contributed by atoms with Crippen molar-refractivity contribution in [3.63, 3.8) is 0 Å². The first-order valence-electron chi connectivity index (χ1n) is 5.71. The number of nitrogens with one attached hydrogen (secondary N) is 2. The van der Waals surface area contributed by atoms with Crippen LogP contribution in [0.4, 0.5) is 0 Å². The molecule has 0 fully saturated rings. The molecule has 0 saturated heterocycles. The molecule has 0 aromatic rings. The summed E-state index contributed by atoms with van der Waals surface area (Å²) in [6.45, 7) is 5.14. The molecule has 0 aliphatic heterocycles. The minimum absolute atomic E-state index is 0.0660. The van der Waals surface area contributed by atoms with Gasteiger partial charge in [0.15, 0.2) is 0 Å². The van der Waals surface area contributed by atoms with Gasteiger partial charge in [0.2, 0.25) is 5.91 Å². The van der Waals surface area contributed by atoms with E-state index in [9.17, 15) is 4.79 Å². The van der Waals surface area contributed by atoms with E-state index in [1.165, 1.54) is 19.3 Å². The fraction of sp³-hybridized carbons (Fsp3) is 0.909. The van der Waals surface area contributed by atoms with E-state index in [1.807, 2.05) is 0 Å². The third-order valence-corrected chi connectivity index (χ3v) is 2.14. The minimum Gasteiger partial charge on any atom is -0.383 e. The van der Waals surface area contributed by atoms with Crippen molar-refractivity contribution in [2.24, 2.45) is 0 Å². The average molecular weight is 216 g/mol. The number of hydrogen-bond acceptors (Lipinski definition) is 3. The Labute approximate surface area is 92.8 Å². The summed E-state index contributed by atoms with van der Waals surface area (Å²) >= 11 is 0. The third kappa shape index (κ3) is 13.4. The maximum Gasteiger partial charge on any atom is 0.216 e. The van der Waals surface area contributed by atoms with Crippen molar-refractivity contribution in [2.75, 3.05) is 33.4 Å². The molecular formula is C11H24N2O2. The Morgan fingerprint density at radius 1 is 1.07 bits per heavy atom. The van der Waals surface area contributed by atoms with Gasteiger partial charge in [-0.25, -0.2) is 0 Å². The Morgan fingerprint density at radius 2 is 1.73 bits per heavy atom. The molecule has 0 atom stereocenters. The summed E-state index contributed by atoms with van der Waals surface area (Å²) < 4.78 is 4.92. The van der Waals surface area contributed by atoms with Crippen LogP contribution in [-0.2, 0) is 9.53 Å². The lowest BCUT2D eigenvalue weighted by Crippen LogP contribution is -2.21. The topological polar surface area (TPSA) is 50.4 Å². The highest BCUT2D eigenvalue weighted by atomic mass is 16.5. The van der Waals surface area contributed by atoms with Crippen LogP contribution in [0.2, 0.25) is 0 Å². The molecule has 0 aliphatic rings. The van der Waals surface area contributed by atoms with Crippen LogP contribution in [0, 0.1) is 0 Å². The molecule has 0 rings (SSSR count). The maximum atomic E-state index is 10.5. The van der Waals surface area contributed by atoms with E-state index in [-0.39, 0.29) is 5.91 Å². The van der Waals surface area contributed by atoms with E-state index >= 15 is 0 Å². The summed E-state index contributed by atoms with van der Waals surface area (Å²) in [5.41, 5.74) is 0. The minimum atomic E-state index is 0.0660. The number of hydrogen-bond donors (Lipinski definition) is 2. The summed E-state index contributed by atoms with van der Waals surface area (Å²) in [5, 5.41) is 6.09. The molecule has 4 heteroatoms. The monoisotopic (exact) mass is 216 g/mol. The zero-order valence-electron chi connectivity index (χ0n) is 9.97. The van der Waals surface area contributed by atoms with Crippen molar-refractivity contribution in [2.45, 2.75) is 32.6 Å². The number of unbranched alkanes of at least 4 members (excludes halogenated alkanes) is 3. The SMILES string of the molecule is COCCNCCCCCCNC(C)=O. The molecule has 0 spiro atoms. The van der Waals surface area contributed by atoms with Crippen LogP contribution in [0.15, 0.2) is 0 Å². The van der Waals surface area contributed by atoms with Crippen molar-refractivity contribution in [1.82, 2.24) is 10.6 Å². The van der Waals surface area contributed by atoms with Crippen LogP contribution in [0.25, 0.3) is 0 Å². The van der Waals surface area contributed by atoms with Gasteiger partial charge in [0.25, 0.3) is 0 Å². The summed E-state index contributed by atoms with van der Waals surface area (Å²) in [4.78, 5) is 10.5. The molecule has 0 aromatic heterocycles. The summed E-state index contributed by atoms with van der Waals surface area (Å²) in [5.74, 6) is 0.0660. The van der Waals surface area contributed by atoms with Gasteiger partial charge < -0.3 is 15.4 Å². The second-order valence-corrected chi connectivity index (χ2v) is 3.64. The van der Waals surface area contributed by atoms with Crippen LogP contribution in [-0.4, -0.2) is 39.3 Å². The first kappa shape index (κ1) is 14.4. The summed E-state index contributed by atoms with van der Waals surface area (Å²) in [6, 6.07) is 0. The quantitative estimate of drug-likeness (QED) is 0.534. The highest BCUT2D eigenvalue weighted by molar-refractivity contribution is 5.72. The first-order valence-corrected chi connectivity index (χ1v) is 5.71. The van der Waals surface area contributed by atoms with Crippen molar-refractivity contribution in [3.8, 4) is 0 Å². The third-order valence-electron chi connectivity index (χ3n) is 2.14. The normalized spacial score (nSPS) is 10.3. The van der Waals surface area contributed by atoms with Gasteiger partial charge in [-0.2, -0.15) is 0 Å². The largest absolute Gasteiger partial charge is 0.383 e. The lowest BCUT2D eigenvalue weighted by Gasteiger charge is -2.04. The van der Waals surface area contributed by atoms with Gasteiger partial charge in [0.05, 0.1) is 6.61 Å². The highest BCUT2D eigenvalue weighted by Gasteiger charge is 1.92. The van der Waals surface area contributed by atoms with Crippen LogP contribution in [0.1, 0.15) is 32.6 Å². The van der Waals surface area contributed by atoms with Crippen molar-refractivity contribution < 1.29 is 9.53 Å². The molecular weight excluding hydrogens is 192 g/mol. The van der Waals surface area contributed by atoms with Gasteiger partial charge in [-0.1, -0.05) is 12.8 Å². The van der Waals surface area contributed by atoms with Gasteiger partial charge >= 0.3 is 0 Å². The first-order chi connectivity index (χ1) is 7.27. The fourth-order valence-corrected chi connectivity index (χ4v) is 1.29. The van der Waals surface area contributed by atoms with Crippen molar-refractivity contribution in [3.05, 3.63) is 0 Å². The predicted molar refractivity (Wildman–Crippen MR) is 61.9 cm³/mol. The molecule has 0 unspecified atom stereocenters. The highest BCUT2D eigenvalue weighted by Crippen LogP contribution is 1.97. The number of carbonyl (C=O) groups is 1. The number of amides is 1. The van der Waals surface area contributed by atoms with Crippen LogP contribution < -0.4 is 10.6 Å². The van der Waals surface area contributed by atoms with E-state index in [0.717, 1.165) is 32.7 Å². The Bertz CT molecular complexity index is 152. The zero-order valence-corrected chi connectivity index (χ0v) is 9.97. The second kappa shape index (κ2) is 11.5. The van der Waals surface area contributed by atoms with Gasteiger partial charge in [-0.15, -0.1) is 0 Å². The molecule has 0 saturated carbocycles. The molecule has 1 amide bonds. The lowest BCUT2D eigenvalue weighted by atomic mass is 10.2. The molecule has 0 radical (unpaired) electrons. The Hall–Kier alpha value is -0.610. The van der Waals surface area contributed by atoms with E-state index in [0.29, 0.717) is 0 Å². The van der Waals surface area contributed by atoms with Gasteiger partial charge in [-0.05, 0) is 19.4 Å². The fourth-order valence-electron chi connectivity index (χ4n) is 1.29. The smallest absolute Gasteiger partial charge is 0.216 e.